The number of aliphatic hydroxyl groups excluding tert-OH is 2. The maximum absolute atomic E-state index is 13.0. The molecule has 117 heavy (non-hydrogen) atoms. The Hall–Kier alpha value is -4.05. The largest absolute Gasteiger partial charge is 0.472 e. The third kappa shape index (κ3) is 92.5. The van der Waals surface area contributed by atoms with Crippen molar-refractivity contribution in [2.24, 2.45) is 0 Å². The molecule has 0 aromatic heterocycles. The number of phosphoric ester groups is 2. The van der Waals surface area contributed by atoms with Crippen molar-refractivity contribution in [2.45, 2.75) is 450 Å². The average Bonchev–Trinajstić information content (AvgIpc) is 0.920. The minimum atomic E-state index is -4.93. The number of ether oxygens (including phenoxy) is 3. The van der Waals surface area contributed by atoms with Crippen LogP contribution in [0.4, 0.5) is 0 Å². The fraction of sp³-hybridized carbons (Fsp3) is 0.768. The summed E-state index contributed by atoms with van der Waals surface area (Å²) in [7, 11) is -9.79. The van der Waals surface area contributed by atoms with Gasteiger partial charge >= 0.3 is 33.6 Å². The van der Waals surface area contributed by atoms with E-state index in [1.54, 1.807) is 0 Å². The minimum absolute atomic E-state index is 0.0966. The van der Waals surface area contributed by atoms with Gasteiger partial charge in [-0.05, 0) is 128 Å². The minimum Gasteiger partial charge on any atom is -0.463 e. The summed E-state index contributed by atoms with van der Waals surface area (Å²) in [4.78, 5) is 58.8. The third-order valence-electron chi connectivity index (χ3n) is 20.6. The lowest BCUT2D eigenvalue weighted by atomic mass is 10.0. The Labute approximate surface area is 716 Å². The summed E-state index contributed by atoms with van der Waals surface area (Å²) < 4.78 is 61.3. The summed E-state index contributed by atoms with van der Waals surface area (Å²) in [5, 5.41) is 20.7. The molecular formula is C99H176O16P2. The van der Waals surface area contributed by atoms with Gasteiger partial charge in [-0.1, -0.05) is 406 Å². The van der Waals surface area contributed by atoms with E-state index in [4.69, 9.17) is 32.3 Å². The molecule has 0 spiro atoms. The summed E-state index contributed by atoms with van der Waals surface area (Å²) in [6.45, 7) is 2.56. The second kappa shape index (κ2) is 91.2. The van der Waals surface area contributed by atoms with Gasteiger partial charge in [-0.2, -0.15) is 0 Å². The van der Waals surface area contributed by atoms with Crippen LogP contribution in [0.25, 0.3) is 0 Å². The van der Waals surface area contributed by atoms with Gasteiger partial charge in [0, 0.05) is 19.3 Å². The number of esters is 3. The van der Waals surface area contributed by atoms with E-state index < -0.39 is 91.5 Å². The van der Waals surface area contributed by atoms with Crippen molar-refractivity contribution in [2.75, 3.05) is 39.6 Å². The van der Waals surface area contributed by atoms with E-state index in [1.165, 1.54) is 244 Å². The van der Waals surface area contributed by atoms with E-state index >= 15 is 0 Å². The number of carbonyl (C=O) groups is 3. The summed E-state index contributed by atoms with van der Waals surface area (Å²) in [5.41, 5.74) is 0. The molecule has 0 amide bonds. The van der Waals surface area contributed by atoms with Crippen LogP contribution in [0.5, 0.6) is 0 Å². The van der Waals surface area contributed by atoms with Crippen molar-refractivity contribution in [3.05, 3.63) is 122 Å². The first-order valence-electron chi connectivity index (χ1n) is 47.8. The second-order valence-electron chi connectivity index (χ2n) is 32.1. The van der Waals surface area contributed by atoms with Gasteiger partial charge in [0.05, 0.1) is 26.4 Å². The van der Waals surface area contributed by atoms with E-state index in [9.17, 15) is 43.5 Å². The molecule has 0 fully saturated rings. The SMILES string of the molecule is CC/C=C\C/C=C\C/C=C\C/C=C\C/C=C\CCCCCCCCCCCCCCCCCCCCCC(=O)OCC(O)COP(=O)(O)OCC(O)COP(=O)(O)OCC(COC(=O)CCCCCCCCCCCCCCCCCCCCC/C=C\C/C=C\C/C=C\C/C=C\CCCCC)OC(=O)CCCCCCC/C=C\CCCC. The number of hydrogen-bond donors (Lipinski definition) is 4. The molecule has 0 bridgehead atoms. The highest BCUT2D eigenvalue weighted by Gasteiger charge is 2.30. The first kappa shape index (κ1) is 113. The van der Waals surface area contributed by atoms with Crippen LogP contribution >= 0.6 is 15.6 Å². The standard InChI is InChI=1S/C99H176O16P2/c1-4-7-10-13-16-19-22-24-26-28-30-32-34-36-38-40-42-44-46-48-50-52-54-56-58-60-62-64-66-68-71-73-76-79-82-85-97(102)109-88-94(100)89-111-116(105,106)112-90-95(101)91-113-117(107,108)114-93-96(115-99(104)87-84-81-78-75-70-21-18-15-12-9-6-3)92-110-98(103)86-83-80-77-74-72-69-67-65-63-61-59-57-55-53-51-49-47-45-43-41-39-37-35-33-31-29-27-25-23-20-17-14-11-8-5-2/h7,10,15-20,24-27,30-33,36-39,94-96,100-101H,4-6,8-9,11-14,21-23,28-29,34-35,40-93H2,1-3H3,(H,105,106)(H,107,108)/b10-7-,18-15-,19-16-,20-17-,26-24-,27-25-,32-30-,33-31-,38-36-,39-37-. The molecule has 5 atom stereocenters. The summed E-state index contributed by atoms with van der Waals surface area (Å²) in [5.74, 6) is -1.56. The molecule has 0 heterocycles. The van der Waals surface area contributed by atoms with Crippen molar-refractivity contribution < 1.29 is 75.8 Å². The zero-order chi connectivity index (χ0) is 85.1. The van der Waals surface area contributed by atoms with Crippen molar-refractivity contribution in [1.29, 1.82) is 0 Å². The van der Waals surface area contributed by atoms with Crippen LogP contribution in [0, 0.1) is 0 Å². The molecule has 0 rings (SSSR count). The maximum Gasteiger partial charge on any atom is 0.472 e. The highest BCUT2D eigenvalue weighted by molar-refractivity contribution is 7.47. The molecular weight excluding hydrogens is 1510 g/mol. The first-order chi connectivity index (χ1) is 57.2. The Morgan fingerprint density at radius 2 is 0.462 bits per heavy atom. The Balaban J connectivity index is 4.28. The molecule has 16 nitrogen and oxygen atoms in total. The number of allylic oxidation sites excluding steroid dienone is 20. The fourth-order valence-corrected chi connectivity index (χ4v) is 15.0. The maximum atomic E-state index is 13.0. The van der Waals surface area contributed by atoms with Gasteiger partial charge in [0.25, 0.3) is 0 Å². The predicted octanol–water partition coefficient (Wildman–Crippen LogP) is 29.6. The average molecular weight is 1680 g/mol. The van der Waals surface area contributed by atoms with Gasteiger partial charge in [0.1, 0.15) is 25.4 Å². The second-order valence-corrected chi connectivity index (χ2v) is 35.0. The number of hydrogen-bond acceptors (Lipinski definition) is 14. The van der Waals surface area contributed by atoms with Crippen LogP contribution in [-0.4, -0.2) is 95.9 Å². The molecule has 5 unspecified atom stereocenters. The smallest absolute Gasteiger partial charge is 0.463 e. The zero-order valence-electron chi connectivity index (χ0n) is 74.9. The summed E-state index contributed by atoms with van der Waals surface area (Å²) >= 11 is 0. The van der Waals surface area contributed by atoms with Crippen LogP contribution in [0.15, 0.2) is 122 Å². The van der Waals surface area contributed by atoms with E-state index in [2.05, 4.69) is 142 Å². The molecule has 0 aliphatic carbocycles. The fourth-order valence-electron chi connectivity index (χ4n) is 13.4. The van der Waals surface area contributed by atoms with Crippen LogP contribution in [0.2, 0.25) is 0 Å². The van der Waals surface area contributed by atoms with E-state index in [1.807, 2.05) is 0 Å². The molecule has 0 saturated heterocycles. The molecule has 0 aromatic carbocycles. The summed E-state index contributed by atoms with van der Waals surface area (Å²) in [6, 6.07) is 0. The Morgan fingerprint density at radius 3 is 0.752 bits per heavy atom. The highest BCUT2D eigenvalue weighted by Crippen LogP contribution is 2.45. The van der Waals surface area contributed by atoms with Crippen LogP contribution in [0.3, 0.4) is 0 Å². The molecule has 0 radical (unpaired) electrons. The van der Waals surface area contributed by atoms with E-state index in [-0.39, 0.29) is 19.3 Å². The van der Waals surface area contributed by atoms with Gasteiger partial charge < -0.3 is 34.2 Å². The van der Waals surface area contributed by atoms with Gasteiger partial charge in [0.2, 0.25) is 0 Å². The van der Waals surface area contributed by atoms with Gasteiger partial charge in [0.15, 0.2) is 6.10 Å². The lowest BCUT2D eigenvalue weighted by Gasteiger charge is -2.21. The van der Waals surface area contributed by atoms with Gasteiger partial charge in [-0.25, -0.2) is 9.13 Å². The molecule has 0 aliphatic rings. The normalized spacial score (nSPS) is 14.3. The van der Waals surface area contributed by atoms with Crippen LogP contribution in [-0.2, 0) is 55.8 Å². The van der Waals surface area contributed by atoms with Crippen molar-refractivity contribution in [1.82, 2.24) is 0 Å². The van der Waals surface area contributed by atoms with Crippen molar-refractivity contribution in [3.8, 4) is 0 Å². The third-order valence-corrected chi connectivity index (χ3v) is 22.5. The molecule has 18 heteroatoms. The molecule has 0 saturated carbocycles. The molecule has 0 aromatic rings. The Bertz CT molecular complexity index is 2610. The predicted molar refractivity (Wildman–Crippen MR) is 491 cm³/mol. The van der Waals surface area contributed by atoms with E-state index in [0.717, 1.165) is 128 Å². The Morgan fingerprint density at radius 1 is 0.248 bits per heavy atom. The number of phosphoric acid groups is 2. The first-order valence-corrected chi connectivity index (χ1v) is 50.8. The number of unbranched alkanes of at least 4 members (excludes halogenated alkanes) is 48. The molecule has 4 N–H and O–H groups in total. The molecule has 0 aliphatic heterocycles. The monoisotopic (exact) mass is 1680 g/mol. The highest BCUT2D eigenvalue weighted by atomic mass is 31.2. The van der Waals surface area contributed by atoms with Crippen molar-refractivity contribution >= 4 is 33.6 Å². The molecule has 678 valence electrons. The topological polar surface area (TPSA) is 231 Å². The van der Waals surface area contributed by atoms with E-state index in [0.29, 0.717) is 19.3 Å². The zero-order valence-corrected chi connectivity index (χ0v) is 76.6. The van der Waals surface area contributed by atoms with Gasteiger partial charge in [-0.15, -0.1) is 0 Å². The number of rotatable bonds is 91. The lowest BCUT2D eigenvalue weighted by molar-refractivity contribution is -0.161. The summed E-state index contributed by atoms with van der Waals surface area (Å²) in [6.07, 6.45) is 113. The quantitative estimate of drug-likeness (QED) is 0.0146. The number of aliphatic hydroxyl groups is 2. The van der Waals surface area contributed by atoms with Gasteiger partial charge in [-0.3, -0.25) is 32.5 Å². The lowest BCUT2D eigenvalue weighted by Crippen LogP contribution is -2.30. The number of carbonyl (C=O) groups excluding carboxylic acids is 3. The Kier molecular flexibility index (Phi) is 88.0. The van der Waals surface area contributed by atoms with Crippen LogP contribution < -0.4 is 0 Å². The van der Waals surface area contributed by atoms with Crippen molar-refractivity contribution in [3.63, 3.8) is 0 Å². The van der Waals surface area contributed by atoms with Crippen LogP contribution in [0.1, 0.15) is 432 Å².